The van der Waals surface area contributed by atoms with Gasteiger partial charge < -0.3 is 4.90 Å². The fourth-order valence-electron chi connectivity index (χ4n) is 1.50. The number of unbranched alkanes of at least 4 members (excludes halogenated alkanes) is 2. The second-order valence-corrected chi connectivity index (χ2v) is 5.39. The number of aryl methyl sites for hydroxylation is 1. The smallest absolute Gasteiger partial charge is 0.285 e. The van der Waals surface area contributed by atoms with Crippen molar-refractivity contribution in [3.8, 4) is 0 Å². The molecule has 0 aliphatic rings. The first kappa shape index (κ1) is 14.1. The molecule has 0 heterocycles. The van der Waals surface area contributed by atoms with Crippen molar-refractivity contribution in [2.24, 2.45) is 0 Å². The zero-order chi connectivity index (χ0) is 12.7. The normalized spacial score (nSPS) is 10.3. The molecule has 3 heteroatoms. The molecule has 0 aliphatic carbocycles. The third kappa shape index (κ3) is 5.26. The van der Waals surface area contributed by atoms with Crippen molar-refractivity contribution in [3.63, 3.8) is 0 Å². The number of thioether (sulfide) groups is 1. The minimum atomic E-state index is 0.0729. The molecule has 1 rings (SSSR count). The van der Waals surface area contributed by atoms with Crippen molar-refractivity contribution < 1.29 is 4.79 Å². The van der Waals surface area contributed by atoms with Gasteiger partial charge in [0.2, 0.25) is 0 Å². The summed E-state index contributed by atoms with van der Waals surface area (Å²) in [6, 6.07) is 8.32. The quantitative estimate of drug-likeness (QED) is 0.577. The molecule has 0 spiro atoms. The van der Waals surface area contributed by atoms with Crippen LogP contribution in [0.3, 0.4) is 0 Å². The SMILES string of the molecule is CCCCCc1ccc(SC(=O)N(C)C)cc1. The van der Waals surface area contributed by atoms with Gasteiger partial charge in [-0.1, -0.05) is 31.9 Å². The van der Waals surface area contributed by atoms with E-state index in [2.05, 4.69) is 19.1 Å². The van der Waals surface area contributed by atoms with Crippen molar-refractivity contribution in [1.82, 2.24) is 4.90 Å². The van der Waals surface area contributed by atoms with Gasteiger partial charge in [-0.15, -0.1) is 0 Å². The highest BCUT2D eigenvalue weighted by atomic mass is 32.2. The number of rotatable bonds is 5. The van der Waals surface area contributed by atoms with Gasteiger partial charge >= 0.3 is 0 Å². The summed E-state index contributed by atoms with van der Waals surface area (Å²) in [7, 11) is 3.54. The van der Waals surface area contributed by atoms with Gasteiger partial charge in [0.25, 0.3) is 5.24 Å². The van der Waals surface area contributed by atoms with Crippen LogP contribution in [0.25, 0.3) is 0 Å². The lowest BCUT2D eigenvalue weighted by Crippen LogP contribution is -2.15. The predicted molar refractivity (Wildman–Crippen MR) is 74.6 cm³/mol. The molecule has 0 aromatic heterocycles. The molecule has 0 aliphatic heterocycles. The molecule has 0 saturated heterocycles. The maximum absolute atomic E-state index is 11.5. The van der Waals surface area contributed by atoms with Crippen molar-refractivity contribution in [2.45, 2.75) is 37.5 Å². The van der Waals surface area contributed by atoms with Crippen LogP contribution in [0.5, 0.6) is 0 Å². The Morgan fingerprint density at radius 2 is 1.82 bits per heavy atom. The van der Waals surface area contributed by atoms with Crippen molar-refractivity contribution >= 4 is 17.0 Å². The minimum Gasteiger partial charge on any atom is -0.339 e. The van der Waals surface area contributed by atoms with Crippen LogP contribution in [0.15, 0.2) is 29.2 Å². The summed E-state index contributed by atoms with van der Waals surface area (Å²) in [5, 5.41) is 0.0729. The van der Waals surface area contributed by atoms with Gasteiger partial charge in [0, 0.05) is 19.0 Å². The van der Waals surface area contributed by atoms with E-state index in [1.807, 2.05) is 12.1 Å². The summed E-state index contributed by atoms with van der Waals surface area (Å²) < 4.78 is 0. The van der Waals surface area contributed by atoms with E-state index in [-0.39, 0.29) is 5.24 Å². The molecule has 0 atom stereocenters. The van der Waals surface area contributed by atoms with E-state index in [9.17, 15) is 4.79 Å². The van der Waals surface area contributed by atoms with Crippen LogP contribution < -0.4 is 0 Å². The van der Waals surface area contributed by atoms with E-state index in [1.54, 1.807) is 19.0 Å². The Balaban J connectivity index is 2.47. The molecule has 0 bridgehead atoms. The highest BCUT2D eigenvalue weighted by Crippen LogP contribution is 2.21. The largest absolute Gasteiger partial charge is 0.339 e. The second kappa shape index (κ2) is 7.38. The first-order chi connectivity index (χ1) is 8.13. The fraction of sp³-hybridized carbons (Fsp3) is 0.500. The highest BCUT2D eigenvalue weighted by Gasteiger charge is 2.06. The number of benzene rings is 1. The molecular weight excluding hydrogens is 230 g/mol. The van der Waals surface area contributed by atoms with Gasteiger partial charge in [0.1, 0.15) is 0 Å². The third-order valence-corrected chi connectivity index (χ3v) is 3.61. The zero-order valence-corrected chi connectivity index (χ0v) is 11.7. The zero-order valence-electron chi connectivity index (χ0n) is 10.9. The summed E-state index contributed by atoms with van der Waals surface area (Å²) in [5.41, 5.74) is 1.36. The van der Waals surface area contributed by atoms with Gasteiger partial charge in [0.05, 0.1) is 0 Å². The minimum absolute atomic E-state index is 0.0729. The van der Waals surface area contributed by atoms with Gasteiger partial charge in [-0.25, -0.2) is 0 Å². The highest BCUT2D eigenvalue weighted by molar-refractivity contribution is 8.13. The Kier molecular flexibility index (Phi) is 6.12. The Hall–Kier alpha value is -0.960. The topological polar surface area (TPSA) is 20.3 Å². The number of hydrogen-bond acceptors (Lipinski definition) is 2. The molecule has 2 nitrogen and oxygen atoms in total. The Morgan fingerprint density at radius 3 is 2.35 bits per heavy atom. The lowest BCUT2D eigenvalue weighted by atomic mass is 10.1. The van der Waals surface area contributed by atoms with Crippen molar-refractivity contribution in [3.05, 3.63) is 29.8 Å². The van der Waals surface area contributed by atoms with E-state index >= 15 is 0 Å². The average molecular weight is 251 g/mol. The molecule has 0 N–H and O–H groups in total. The van der Waals surface area contributed by atoms with Crippen LogP contribution in [0.2, 0.25) is 0 Å². The number of hydrogen-bond donors (Lipinski definition) is 0. The molecule has 0 radical (unpaired) electrons. The first-order valence-electron chi connectivity index (χ1n) is 6.11. The van der Waals surface area contributed by atoms with Gasteiger partial charge in [0.15, 0.2) is 0 Å². The molecule has 0 saturated carbocycles. The standard InChI is InChI=1S/C14H21NOS/c1-4-5-6-7-12-8-10-13(11-9-12)17-14(16)15(2)3/h8-11H,4-7H2,1-3H3. The fourth-order valence-corrected chi connectivity index (χ4v) is 2.15. The third-order valence-electron chi connectivity index (χ3n) is 2.56. The lowest BCUT2D eigenvalue weighted by molar-refractivity contribution is 0.241. The van der Waals surface area contributed by atoms with Crippen LogP contribution in [0, 0.1) is 0 Å². The van der Waals surface area contributed by atoms with E-state index in [1.165, 1.54) is 36.6 Å². The molecule has 0 fully saturated rings. The molecule has 1 aromatic rings. The van der Waals surface area contributed by atoms with Gasteiger partial charge in [-0.2, -0.15) is 0 Å². The maximum Gasteiger partial charge on any atom is 0.285 e. The van der Waals surface area contributed by atoms with Crippen molar-refractivity contribution in [2.75, 3.05) is 14.1 Å². The van der Waals surface area contributed by atoms with Crippen LogP contribution in [-0.2, 0) is 6.42 Å². The molecule has 1 amide bonds. The Bertz CT molecular complexity index is 346. The van der Waals surface area contributed by atoms with Gasteiger partial charge in [-0.3, -0.25) is 4.79 Å². The van der Waals surface area contributed by atoms with E-state index in [0.29, 0.717) is 0 Å². The number of carbonyl (C=O) groups is 1. The molecule has 94 valence electrons. The Labute approximate surface area is 108 Å². The maximum atomic E-state index is 11.5. The monoisotopic (exact) mass is 251 g/mol. The van der Waals surface area contributed by atoms with E-state index in [0.717, 1.165) is 11.3 Å². The summed E-state index contributed by atoms with van der Waals surface area (Å²) in [6.45, 7) is 2.21. The van der Waals surface area contributed by atoms with Crippen LogP contribution in [0.1, 0.15) is 31.7 Å². The second-order valence-electron chi connectivity index (χ2n) is 4.36. The van der Waals surface area contributed by atoms with E-state index < -0.39 is 0 Å². The average Bonchev–Trinajstić information content (AvgIpc) is 2.31. The molecular formula is C14H21NOS. The molecule has 1 aromatic carbocycles. The molecule has 17 heavy (non-hydrogen) atoms. The summed E-state index contributed by atoms with van der Waals surface area (Å²) >= 11 is 1.28. The lowest BCUT2D eigenvalue weighted by Gasteiger charge is -2.09. The summed E-state index contributed by atoms with van der Waals surface area (Å²) in [4.78, 5) is 14.1. The van der Waals surface area contributed by atoms with Gasteiger partial charge in [-0.05, 0) is 42.3 Å². The Morgan fingerprint density at radius 1 is 1.18 bits per heavy atom. The number of carbonyl (C=O) groups excluding carboxylic acids is 1. The van der Waals surface area contributed by atoms with Crippen LogP contribution in [-0.4, -0.2) is 24.2 Å². The van der Waals surface area contributed by atoms with Crippen molar-refractivity contribution in [1.29, 1.82) is 0 Å². The van der Waals surface area contributed by atoms with E-state index in [4.69, 9.17) is 0 Å². The molecule has 0 unspecified atom stereocenters. The van der Waals surface area contributed by atoms with Crippen LogP contribution >= 0.6 is 11.8 Å². The summed E-state index contributed by atoms with van der Waals surface area (Å²) in [6.07, 6.45) is 4.93. The number of nitrogens with zero attached hydrogens (tertiary/aromatic N) is 1. The van der Waals surface area contributed by atoms with Crippen LogP contribution in [0.4, 0.5) is 4.79 Å². The summed E-state index contributed by atoms with van der Waals surface area (Å²) in [5.74, 6) is 0. The number of amides is 1. The first-order valence-corrected chi connectivity index (χ1v) is 6.93. The predicted octanol–water partition coefficient (Wildman–Crippen LogP) is 4.19.